The molecule has 0 amide bonds. The minimum Gasteiger partial charge on any atom is -0.316 e. The van der Waals surface area contributed by atoms with Crippen LogP contribution < -0.4 is 5.32 Å². The van der Waals surface area contributed by atoms with Crippen LogP contribution in [0.4, 0.5) is 0 Å². The van der Waals surface area contributed by atoms with Crippen molar-refractivity contribution in [3.8, 4) is 0 Å². The van der Waals surface area contributed by atoms with Gasteiger partial charge in [0.25, 0.3) is 0 Å². The first-order valence-electron chi connectivity index (χ1n) is 9.22. The fourth-order valence-electron chi connectivity index (χ4n) is 4.29. The monoisotopic (exact) mass is 312 g/mol. The van der Waals surface area contributed by atoms with Gasteiger partial charge in [0.05, 0.1) is 0 Å². The highest BCUT2D eigenvalue weighted by molar-refractivity contribution is 8.00. The first kappa shape index (κ1) is 17.6. The lowest BCUT2D eigenvalue weighted by Crippen LogP contribution is -2.49. The van der Waals surface area contributed by atoms with E-state index in [-0.39, 0.29) is 0 Å². The molecule has 1 heterocycles. The standard InChI is InChI=1S/C18H36N2S/c1-4-11-19-14-18(9-7-5-6-8-10-18)15-20-12-16(2)21-17(3)13-20/h16-17,19H,4-15H2,1-3H3. The van der Waals surface area contributed by atoms with Gasteiger partial charge in [-0.2, -0.15) is 11.8 Å². The summed E-state index contributed by atoms with van der Waals surface area (Å²) in [6.45, 7) is 13.4. The summed E-state index contributed by atoms with van der Waals surface area (Å²) in [5.41, 5.74) is 0.549. The lowest BCUT2D eigenvalue weighted by molar-refractivity contribution is 0.125. The van der Waals surface area contributed by atoms with Crippen molar-refractivity contribution in [3.05, 3.63) is 0 Å². The number of hydrogen-bond donors (Lipinski definition) is 1. The second kappa shape index (κ2) is 8.79. The van der Waals surface area contributed by atoms with Crippen molar-refractivity contribution in [1.29, 1.82) is 0 Å². The lowest BCUT2D eigenvalue weighted by atomic mass is 9.79. The smallest absolute Gasteiger partial charge is 0.0149 e. The van der Waals surface area contributed by atoms with Gasteiger partial charge in [0, 0.05) is 36.7 Å². The first-order chi connectivity index (χ1) is 10.1. The normalized spacial score (nSPS) is 31.0. The van der Waals surface area contributed by atoms with Crippen LogP contribution in [0.25, 0.3) is 0 Å². The van der Waals surface area contributed by atoms with Crippen LogP contribution in [0.2, 0.25) is 0 Å². The minimum atomic E-state index is 0.549. The first-order valence-corrected chi connectivity index (χ1v) is 10.2. The largest absolute Gasteiger partial charge is 0.316 e. The highest BCUT2D eigenvalue weighted by Crippen LogP contribution is 2.37. The van der Waals surface area contributed by atoms with Gasteiger partial charge in [-0.1, -0.05) is 46.5 Å². The third kappa shape index (κ3) is 5.76. The Kier molecular flexibility index (Phi) is 7.37. The fourth-order valence-corrected chi connectivity index (χ4v) is 5.67. The number of thioether (sulfide) groups is 1. The molecule has 1 saturated heterocycles. The zero-order chi connectivity index (χ0) is 15.1. The Hall–Kier alpha value is 0.270. The maximum Gasteiger partial charge on any atom is 0.0149 e. The van der Waals surface area contributed by atoms with E-state index in [1.165, 1.54) is 77.7 Å². The van der Waals surface area contributed by atoms with E-state index in [0.29, 0.717) is 5.41 Å². The van der Waals surface area contributed by atoms with Crippen LogP contribution in [0, 0.1) is 5.41 Å². The summed E-state index contributed by atoms with van der Waals surface area (Å²) >= 11 is 2.17. The number of nitrogens with zero attached hydrogens (tertiary/aromatic N) is 1. The molecule has 2 fully saturated rings. The average molecular weight is 313 g/mol. The molecule has 0 spiro atoms. The molecular formula is C18H36N2S. The molecule has 1 saturated carbocycles. The molecule has 0 bridgehead atoms. The van der Waals surface area contributed by atoms with Gasteiger partial charge in [0.2, 0.25) is 0 Å². The van der Waals surface area contributed by atoms with Crippen LogP contribution in [0.5, 0.6) is 0 Å². The summed E-state index contributed by atoms with van der Waals surface area (Å²) in [5.74, 6) is 0. The Balaban J connectivity index is 1.96. The van der Waals surface area contributed by atoms with Crippen molar-refractivity contribution in [2.24, 2.45) is 5.41 Å². The topological polar surface area (TPSA) is 15.3 Å². The van der Waals surface area contributed by atoms with Crippen LogP contribution in [0.3, 0.4) is 0 Å². The second-order valence-corrected chi connectivity index (χ2v) is 9.42. The molecule has 1 aliphatic heterocycles. The van der Waals surface area contributed by atoms with E-state index in [9.17, 15) is 0 Å². The van der Waals surface area contributed by atoms with Crippen LogP contribution in [-0.4, -0.2) is 48.1 Å². The Morgan fingerprint density at radius 2 is 1.67 bits per heavy atom. The molecule has 2 aliphatic rings. The SMILES string of the molecule is CCCNCC1(CN2CC(C)SC(C)C2)CCCCCC1. The molecule has 124 valence electrons. The Bertz CT molecular complexity index is 277. The lowest BCUT2D eigenvalue weighted by Gasteiger charge is -2.42. The maximum atomic E-state index is 3.75. The van der Waals surface area contributed by atoms with E-state index in [2.05, 4.69) is 42.7 Å². The molecule has 2 unspecified atom stereocenters. The van der Waals surface area contributed by atoms with Gasteiger partial charge >= 0.3 is 0 Å². The van der Waals surface area contributed by atoms with E-state index in [1.807, 2.05) is 0 Å². The zero-order valence-electron chi connectivity index (χ0n) is 14.5. The van der Waals surface area contributed by atoms with Gasteiger partial charge in [0.15, 0.2) is 0 Å². The number of rotatable bonds is 6. The van der Waals surface area contributed by atoms with Gasteiger partial charge in [0.1, 0.15) is 0 Å². The van der Waals surface area contributed by atoms with Gasteiger partial charge in [-0.05, 0) is 31.2 Å². The number of hydrogen-bond acceptors (Lipinski definition) is 3. The molecule has 3 heteroatoms. The quantitative estimate of drug-likeness (QED) is 0.586. The van der Waals surface area contributed by atoms with E-state index >= 15 is 0 Å². The Morgan fingerprint density at radius 1 is 1.05 bits per heavy atom. The summed E-state index contributed by atoms with van der Waals surface area (Å²) in [5, 5.41) is 5.36. The van der Waals surface area contributed by atoms with E-state index in [1.54, 1.807) is 0 Å². The molecule has 2 rings (SSSR count). The van der Waals surface area contributed by atoms with Crippen LogP contribution in [0.15, 0.2) is 0 Å². The van der Waals surface area contributed by atoms with Gasteiger partial charge < -0.3 is 10.2 Å². The molecule has 21 heavy (non-hydrogen) atoms. The molecule has 0 aromatic carbocycles. The zero-order valence-corrected chi connectivity index (χ0v) is 15.3. The molecule has 1 aliphatic carbocycles. The van der Waals surface area contributed by atoms with Gasteiger partial charge in [-0.15, -0.1) is 0 Å². The summed E-state index contributed by atoms with van der Waals surface area (Å²) in [6.07, 6.45) is 9.94. The minimum absolute atomic E-state index is 0.549. The van der Waals surface area contributed by atoms with Crippen LogP contribution in [0.1, 0.15) is 65.7 Å². The second-order valence-electron chi connectivity index (χ2n) is 7.54. The molecule has 0 radical (unpaired) electrons. The molecule has 2 nitrogen and oxygen atoms in total. The van der Waals surface area contributed by atoms with E-state index < -0.39 is 0 Å². The predicted octanol–water partition coefficient (Wildman–Crippen LogP) is 4.15. The highest BCUT2D eigenvalue weighted by atomic mass is 32.2. The molecule has 0 aromatic rings. The fraction of sp³-hybridized carbons (Fsp3) is 1.00. The summed E-state index contributed by atoms with van der Waals surface area (Å²) < 4.78 is 0. The molecule has 2 atom stereocenters. The third-order valence-electron chi connectivity index (χ3n) is 5.15. The van der Waals surface area contributed by atoms with Crippen LogP contribution >= 0.6 is 11.8 Å². The maximum absolute atomic E-state index is 3.75. The summed E-state index contributed by atoms with van der Waals surface area (Å²) in [6, 6.07) is 0. The van der Waals surface area contributed by atoms with Gasteiger partial charge in [-0.25, -0.2) is 0 Å². The van der Waals surface area contributed by atoms with Crippen molar-refractivity contribution < 1.29 is 0 Å². The third-order valence-corrected chi connectivity index (χ3v) is 6.37. The van der Waals surface area contributed by atoms with Crippen LogP contribution in [-0.2, 0) is 0 Å². The van der Waals surface area contributed by atoms with Gasteiger partial charge in [-0.3, -0.25) is 0 Å². The predicted molar refractivity (Wildman–Crippen MR) is 96.3 cm³/mol. The Labute approximate surface area is 136 Å². The summed E-state index contributed by atoms with van der Waals surface area (Å²) in [7, 11) is 0. The molecule has 1 N–H and O–H groups in total. The van der Waals surface area contributed by atoms with Crippen molar-refractivity contribution in [2.75, 3.05) is 32.7 Å². The molecular weight excluding hydrogens is 276 g/mol. The highest BCUT2D eigenvalue weighted by Gasteiger charge is 2.34. The van der Waals surface area contributed by atoms with Crippen molar-refractivity contribution >= 4 is 11.8 Å². The van der Waals surface area contributed by atoms with Crippen molar-refractivity contribution in [2.45, 2.75) is 76.2 Å². The van der Waals surface area contributed by atoms with Crippen molar-refractivity contribution in [1.82, 2.24) is 10.2 Å². The molecule has 0 aromatic heterocycles. The van der Waals surface area contributed by atoms with Crippen molar-refractivity contribution in [3.63, 3.8) is 0 Å². The average Bonchev–Trinajstić information content (AvgIpc) is 2.64. The summed E-state index contributed by atoms with van der Waals surface area (Å²) in [4.78, 5) is 2.78. The van der Waals surface area contributed by atoms with E-state index in [0.717, 1.165) is 10.5 Å². The van der Waals surface area contributed by atoms with E-state index in [4.69, 9.17) is 0 Å². The number of nitrogens with one attached hydrogen (secondary N) is 1. The Morgan fingerprint density at radius 3 is 2.24 bits per heavy atom.